The molecule has 8 heteroatoms. The van der Waals surface area contributed by atoms with Gasteiger partial charge in [0.2, 0.25) is 0 Å². The molecule has 0 saturated carbocycles. The molecule has 2 aliphatic rings. The molecule has 0 N–H and O–H groups in total. The average Bonchev–Trinajstić information content (AvgIpc) is 3.47. The van der Waals surface area contributed by atoms with E-state index in [4.69, 9.17) is 0 Å². The van der Waals surface area contributed by atoms with Crippen molar-refractivity contribution in [2.24, 2.45) is 0 Å². The zero-order chi connectivity index (χ0) is 22.7. The van der Waals surface area contributed by atoms with Crippen LogP contribution in [0.25, 0.3) is 0 Å². The zero-order valence-corrected chi connectivity index (χ0v) is 18.9. The van der Waals surface area contributed by atoms with Crippen LogP contribution >= 0.6 is 0 Å². The van der Waals surface area contributed by atoms with Gasteiger partial charge in [-0.25, -0.2) is 19.9 Å². The molecule has 0 atom stereocenters. The summed E-state index contributed by atoms with van der Waals surface area (Å²) >= 11 is 0. The van der Waals surface area contributed by atoms with E-state index in [9.17, 15) is 0 Å². The normalized spacial score (nSPS) is 14.5. The lowest BCUT2D eigenvalue weighted by Crippen LogP contribution is -2.31. The molecule has 8 nitrogen and oxygen atoms in total. The highest BCUT2D eigenvalue weighted by Crippen LogP contribution is 2.38. The van der Waals surface area contributed by atoms with Gasteiger partial charge in [-0.2, -0.15) is 0 Å². The Bertz CT molecular complexity index is 1150. The van der Waals surface area contributed by atoms with Crippen LogP contribution in [-0.2, 0) is 0 Å². The topological polar surface area (TPSA) is 64.5 Å². The quantitative estimate of drug-likeness (QED) is 0.379. The molecule has 0 amide bonds. The van der Waals surface area contributed by atoms with E-state index in [0.717, 1.165) is 73.9 Å². The largest absolute Gasteiger partial charge is 0.335 e. The maximum atomic E-state index is 4.63. The Morgan fingerprint density at radius 1 is 0.500 bits per heavy atom. The van der Waals surface area contributed by atoms with E-state index < -0.39 is 0 Å². The summed E-state index contributed by atoms with van der Waals surface area (Å²) in [5.41, 5.74) is 2.28. The molecule has 0 unspecified atom stereocenters. The lowest BCUT2D eigenvalue weighted by atomic mass is 10.3. The van der Waals surface area contributed by atoms with Gasteiger partial charge in [-0.3, -0.25) is 0 Å². The van der Waals surface area contributed by atoms with Gasteiger partial charge in [0.05, 0.1) is 13.3 Å². The second-order valence-corrected chi connectivity index (χ2v) is 8.45. The molecule has 170 valence electrons. The van der Waals surface area contributed by atoms with Crippen molar-refractivity contribution >= 4 is 34.6 Å². The van der Waals surface area contributed by atoms with Crippen molar-refractivity contribution in [3.63, 3.8) is 0 Å². The Morgan fingerprint density at radius 2 is 0.882 bits per heavy atom. The maximum absolute atomic E-state index is 4.63. The van der Waals surface area contributed by atoms with Gasteiger partial charge in [-0.15, -0.1) is 0 Å². The highest BCUT2D eigenvalue weighted by molar-refractivity contribution is 5.77. The first-order chi connectivity index (χ1) is 16.9. The van der Waals surface area contributed by atoms with Crippen LogP contribution in [-0.4, -0.2) is 46.4 Å². The van der Waals surface area contributed by atoms with Crippen molar-refractivity contribution in [1.82, 2.24) is 19.9 Å². The number of hydrogen-bond acceptors (Lipinski definition) is 8. The maximum Gasteiger partial charge on any atom is 0.178 e. The lowest BCUT2D eigenvalue weighted by Gasteiger charge is -2.22. The third-order valence-electron chi connectivity index (χ3n) is 6.30. The minimum Gasteiger partial charge on any atom is -0.335 e. The summed E-state index contributed by atoms with van der Waals surface area (Å²) in [6.45, 7) is 3.39. The van der Waals surface area contributed by atoms with Gasteiger partial charge < -0.3 is 19.6 Å². The number of hydrogen-bond donors (Lipinski definition) is 0. The van der Waals surface area contributed by atoms with E-state index in [1.165, 1.54) is 0 Å². The number of benzene rings is 2. The van der Waals surface area contributed by atoms with Gasteiger partial charge in [-0.1, -0.05) is 36.4 Å². The number of rotatable bonds is 7. The van der Waals surface area contributed by atoms with Crippen molar-refractivity contribution in [2.45, 2.75) is 12.8 Å². The number of aromatic nitrogens is 4. The van der Waals surface area contributed by atoms with Gasteiger partial charge >= 0.3 is 0 Å². The van der Waals surface area contributed by atoms with Crippen LogP contribution in [0.4, 0.5) is 34.6 Å². The lowest BCUT2D eigenvalue weighted by molar-refractivity contribution is 0.673. The van der Waals surface area contributed by atoms with Crippen LogP contribution in [0.2, 0.25) is 0 Å². The Balaban J connectivity index is 1.10. The second kappa shape index (κ2) is 8.97. The van der Waals surface area contributed by atoms with Gasteiger partial charge in [0.25, 0.3) is 0 Å². The number of para-hydroxylation sites is 2. The van der Waals surface area contributed by atoms with Crippen LogP contribution in [0.3, 0.4) is 0 Å². The molecular weight excluding hydrogens is 424 g/mol. The minimum atomic E-state index is 0.767. The monoisotopic (exact) mass is 450 g/mol. The first-order valence-corrected chi connectivity index (χ1v) is 11.7. The summed E-state index contributed by atoms with van der Waals surface area (Å²) in [6, 6.07) is 20.8. The summed E-state index contributed by atoms with van der Waals surface area (Å²) in [6.07, 6.45) is 9.19. The van der Waals surface area contributed by atoms with E-state index in [2.05, 4.69) is 88.1 Å². The number of unbranched alkanes of at least 4 members (excludes halogenated alkanes) is 1. The standard InChI is InChI=1S/C26H26N8/c1-3-9-21(10-4-1)33-19-31(23-25(33)29-15-13-27-23)17-7-8-18-32-20-34(22-11-5-2-6-12-22)26-24(32)28-14-16-30-26/h1-6,9-16H,7-8,17-20H2. The SMILES string of the molecule is c1ccc(N2CN(CCCCN3CN(c4ccccc4)c4nccnc43)c3nccnc32)cc1. The molecule has 6 rings (SSSR count). The first kappa shape index (κ1) is 20.4. The predicted molar refractivity (Wildman–Crippen MR) is 135 cm³/mol. The third kappa shape index (κ3) is 3.77. The van der Waals surface area contributed by atoms with Crippen molar-refractivity contribution < 1.29 is 0 Å². The number of nitrogens with zero attached hydrogens (tertiary/aromatic N) is 8. The molecule has 0 radical (unpaired) electrons. The van der Waals surface area contributed by atoms with Crippen molar-refractivity contribution in [2.75, 3.05) is 46.0 Å². The van der Waals surface area contributed by atoms with Crippen molar-refractivity contribution in [1.29, 1.82) is 0 Å². The van der Waals surface area contributed by atoms with Gasteiger partial charge in [0.1, 0.15) is 0 Å². The third-order valence-corrected chi connectivity index (χ3v) is 6.30. The molecule has 4 aromatic rings. The summed E-state index contributed by atoms with van der Waals surface area (Å²) in [5, 5.41) is 0. The predicted octanol–water partition coefficient (Wildman–Crippen LogP) is 4.58. The smallest absolute Gasteiger partial charge is 0.178 e. The van der Waals surface area contributed by atoms with Crippen LogP contribution in [0, 0.1) is 0 Å². The summed E-state index contributed by atoms with van der Waals surface area (Å²) < 4.78 is 0. The van der Waals surface area contributed by atoms with Crippen LogP contribution < -0.4 is 19.6 Å². The fourth-order valence-corrected chi connectivity index (χ4v) is 4.67. The number of anilines is 6. The average molecular weight is 451 g/mol. The van der Waals surface area contributed by atoms with Crippen LogP contribution in [0.1, 0.15) is 12.8 Å². The van der Waals surface area contributed by atoms with Gasteiger partial charge in [0.15, 0.2) is 23.3 Å². The highest BCUT2D eigenvalue weighted by atomic mass is 15.4. The van der Waals surface area contributed by atoms with Crippen molar-refractivity contribution in [3.8, 4) is 0 Å². The van der Waals surface area contributed by atoms with Crippen LogP contribution in [0.5, 0.6) is 0 Å². The molecular formula is C26H26N8. The Morgan fingerprint density at radius 3 is 1.29 bits per heavy atom. The van der Waals surface area contributed by atoms with Crippen molar-refractivity contribution in [3.05, 3.63) is 85.5 Å². The number of fused-ring (bicyclic) bond motifs is 2. The van der Waals surface area contributed by atoms with E-state index in [1.54, 1.807) is 24.8 Å². The molecule has 4 heterocycles. The highest BCUT2D eigenvalue weighted by Gasteiger charge is 2.30. The summed E-state index contributed by atoms with van der Waals surface area (Å²) in [5.74, 6) is 3.77. The molecule has 0 saturated heterocycles. The van der Waals surface area contributed by atoms with Gasteiger partial charge in [-0.05, 0) is 37.1 Å². The minimum absolute atomic E-state index is 0.767. The molecule has 2 aliphatic heterocycles. The van der Waals surface area contributed by atoms with E-state index in [0.29, 0.717) is 0 Å². The molecule has 2 aromatic heterocycles. The van der Waals surface area contributed by atoms with Gasteiger partial charge in [0, 0.05) is 49.3 Å². The first-order valence-electron chi connectivity index (χ1n) is 11.7. The molecule has 0 bridgehead atoms. The molecule has 34 heavy (non-hydrogen) atoms. The molecule has 0 spiro atoms. The fourth-order valence-electron chi connectivity index (χ4n) is 4.67. The summed E-state index contributed by atoms with van der Waals surface area (Å²) in [7, 11) is 0. The zero-order valence-electron chi connectivity index (χ0n) is 18.9. The van der Waals surface area contributed by atoms with Crippen LogP contribution in [0.15, 0.2) is 85.5 Å². The fraction of sp³-hybridized carbons (Fsp3) is 0.231. The molecule has 2 aromatic carbocycles. The van der Waals surface area contributed by atoms with E-state index >= 15 is 0 Å². The molecule has 0 fully saturated rings. The Kier molecular flexibility index (Phi) is 5.39. The van der Waals surface area contributed by atoms with E-state index in [-0.39, 0.29) is 0 Å². The second-order valence-electron chi connectivity index (χ2n) is 8.45. The molecule has 0 aliphatic carbocycles. The summed E-state index contributed by atoms with van der Waals surface area (Å²) in [4.78, 5) is 27.6. The Hall–Kier alpha value is -4.20. The van der Waals surface area contributed by atoms with E-state index in [1.807, 2.05) is 12.1 Å². The Labute approximate surface area is 199 Å².